The minimum absolute atomic E-state index is 0.0728. The second-order valence-electron chi connectivity index (χ2n) is 5.43. The van der Waals surface area contributed by atoms with Gasteiger partial charge in [0, 0.05) is 19.1 Å². The quantitative estimate of drug-likeness (QED) is 0.770. The molecule has 0 heterocycles. The molecule has 25 heavy (non-hydrogen) atoms. The largest absolute Gasteiger partial charge is 0.495 e. The summed E-state index contributed by atoms with van der Waals surface area (Å²) in [4.78, 5) is 13.6. The highest BCUT2D eigenvalue weighted by Crippen LogP contribution is 2.34. The molecule has 0 spiro atoms. The maximum Gasteiger partial charge on any atom is 0.264 e. The molecule has 1 amide bonds. The van der Waals surface area contributed by atoms with E-state index in [1.165, 1.54) is 30.2 Å². The molecule has 0 N–H and O–H groups in total. The second-order valence-corrected chi connectivity index (χ2v) is 7.73. The predicted octanol–water partition coefficient (Wildman–Crippen LogP) is 2.63. The van der Waals surface area contributed by atoms with Gasteiger partial charge in [-0.05, 0) is 30.3 Å². The molecular formula is C17H19ClN2O4S. The minimum Gasteiger partial charge on any atom is -0.495 e. The van der Waals surface area contributed by atoms with E-state index in [9.17, 15) is 13.2 Å². The van der Waals surface area contributed by atoms with Crippen LogP contribution in [0.25, 0.3) is 0 Å². The zero-order chi connectivity index (χ0) is 18.6. The van der Waals surface area contributed by atoms with Crippen molar-refractivity contribution >= 4 is 33.2 Å². The number of carbonyl (C=O) groups is 1. The minimum atomic E-state index is -3.98. The molecule has 2 aromatic rings. The third kappa shape index (κ3) is 4.24. The Labute approximate surface area is 152 Å². The number of anilines is 1. The van der Waals surface area contributed by atoms with Gasteiger partial charge in [0.2, 0.25) is 5.91 Å². The van der Waals surface area contributed by atoms with E-state index in [1.54, 1.807) is 44.4 Å². The topological polar surface area (TPSA) is 66.9 Å². The molecule has 8 heteroatoms. The molecule has 0 aliphatic heterocycles. The van der Waals surface area contributed by atoms with E-state index in [2.05, 4.69) is 0 Å². The monoisotopic (exact) mass is 382 g/mol. The van der Waals surface area contributed by atoms with Gasteiger partial charge in [0.25, 0.3) is 10.0 Å². The zero-order valence-electron chi connectivity index (χ0n) is 14.1. The summed E-state index contributed by atoms with van der Waals surface area (Å²) >= 11 is 6.04. The van der Waals surface area contributed by atoms with Crippen molar-refractivity contribution in [2.24, 2.45) is 0 Å². The van der Waals surface area contributed by atoms with Gasteiger partial charge in [0.1, 0.15) is 12.3 Å². The number of hydrogen-bond donors (Lipinski definition) is 0. The van der Waals surface area contributed by atoms with Crippen LogP contribution in [0.4, 0.5) is 5.69 Å². The third-order valence-corrected chi connectivity index (χ3v) is 5.53. The number of methoxy groups -OCH3 is 1. The van der Waals surface area contributed by atoms with E-state index in [-0.39, 0.29) is 23.0 Å². The molecule has 0 aromatic heterocycles. The van der Waals surface area contributed by atoms with Crippen LogP contribution in [-0.2, 0) is 14.8 Å². The zero-order valence-corrected chi connectivity index (χ0v) is 15.7. The van der Waals surface area contributed by atoms with Gasteiger partial charge >= 0.3 is 0 Å². The van der Waals surface area contributed by atoms with Crippen LogP contribution in [0, 0.1) is 0 Å². The number of sulfonamides is 1. The first-order valence-corrected chi connectivity index (χ1v) is 9.20. The van der Waals surface area contributed by atoms with Crippen LogP contribution in [0.1, 0.15) is 0 Å². The van der Waals surface area contributed by atoms with Crippen LogP contribution < -0.4 is 9.04 Å². The highest BCUT2D eigenvalue weighted by molar-refractivity contribution is 7.92. The molecule has 0 saturated heterocycles. The highest BCUT2D eigenvalue weighted by atomic mass is 35.5. The average molecular weight is 383 g/mol. The van der Waals surface area contributed by atoms with E-state index in [4.69, 9.17) is 16.3 Å². The van der Waals surface area contributed by atoms with Crippen LogP contribution in [0.2, 0.25) is 5.02 Å². The Morgan fingerprint density at radius 2 is 1.76 bits per heavy atom. The van der Waals surface area contributed by atoms with Crippen LogP contribution in [0.15, 0.2) is 53.4 Å². The van der Waals surface area contributed by atoms with Crippen LogP contribution >= 0.6 is 11.6 Å². The fourth-order valence-electron chi connectivity index (χ4n) is 2.14. The molecule has 0 saturated carbocycles. The van der Waals surface area contributed by atoms with Gasteiger partial charge in [-0.25, -0.2) is 8.42 Å². The third-order valence-electron chi connectivity index (χ3n) is 3.52. The van der Waals surface area contributed by atoms with E-state index in [1.807, 2.05) is 0 Å². The van der Waals surface area contributed by atoms with Crippen molar-refractivity contribution in [1.29, 1.82) is 0 Å². The molecule has 134 valence electrons. The number of carbonyl (C=O) groups excluding carboxylic acids is 1. The molecule has 0 atom stereocenters. The van der Waals surface area contributed by atoms with Crippen molar-refractivity contribution in [2.75, 3.05) is 32.1 Å². The summed E-state index contributed by atoms with van der Waals surface area (Å²) in [6, 6.07) is 12.5. The van der Waals surface area contributed by atoms with Gasteiger partial charge < -0.3 is 9.64 Å². The van der Waals surface area contributed by atoms with Gasteiger partial charge in [-0.3, -0.25) is 9.10 Å². The molecule has 0 aliphatic rings. The summed E-state index contributed by atoms with van der Waals surface area (Å²) in [6.07, 6.45) is 0. The van der Waals surface area contributed by atoms with Crippen LogP contribution in [0.3, 0.4) is 0 Å². The first-order chi connectivity index (χ1) is 11.8. The molecule has 2 rings (SSSR count). The summed E-state index contributed by atoms with van der Waals surface area (Å²) in [6.45, 7) is -0.374. The molecular weight excluding hydrogens is 364 g/mol. The first kappa shape index (κ1) is 19.1. The molecule has 0 aliphatic carbocycles. The lowest BCUT2D eigenvalue weighted by molar-refractivity contribution is -0.127. The number of likely N-dealkylation sites (N-methyl/N-ethyl adjacent to an activating group) is 1. The van der Waals surface area contributed by atoms with E-state index in [0.29, 0.717) is 10.8 Å². The Hall–Kier alpha value is -2.25. The molecule has 0 fully saturated rings. The molecule has 0 unspecified atom stereocenters. The maximum atomic E-state index is 13.1. The fraction of sp³-hybridized carbons (Fsp3) is 0.235. The number of benzene rings is 2. The number of halogens is 1. The summed E-state index contributed by atoms with van der Waals surface area (Å²) in [5, 5.41) is 0.335. The maximum absolute atomic E-state index is 13.1. The molecule has 0 radical (unpaired) electrons. The SMILES string of the molecule is COc1ccc(Cl)cc1N(CC(=O)N(C)C)S(=O)(=O)c1ccccc1. The number of amides is 1. The van der Waals surface area contributed by atoms with Gasteiger partial charge in [-0.2, -0.15) is 0 Å². The van der Waals surface area contributed by atoms with Crippen molar-refractivity contribution in [2.45, 2.75) is 4.90 Å². The van der Waals surface area contributed by atoms with Gasteiger partial charge in [0.15, 0.2) is 0 Å². The average Bonchev–Trinajstić information content (AvgIpc) is 2.59. The van der Waals surface area contributed by atoms with E-state index in [0.717, 1.165) is 4.31 Å². The number of rotatable bonds is 6. The Morgan fingerprint density at radius 3 is 2.32 bits per heavy atom. The first-order valence-electron chi connectivity index (χ1n) is 7.39. The fourth-order valence-corrected chi connectivity index (χ4v) is 3.75. The van der Waals surface area contributed by atoms with Crippen molar-refractivity contribution in [3.05, 3.63) is 53.6 Å². The molecule has 2 aromatic carbocycles. The summed E-state index contributed by atoms with van der Waals surface area (Å²) < 4.78 is 32.5. The van der Waals surface area contributed by atoms with Crippen molar-refractivity contribution < 1.29 is 17.9 Å². The van der Waals surface area contributed by atoms with Crippen molar-refractivity contribution in [3.8, 4) is 5.75 Å². The van der Waals surface area contributed by atoms with Crippen molar-refractivity contribution in [1.82, 2.24) is 4.90 Å². The van der Waals surface area contributed by atoms with Gasteiger partial charge in [-0.1, -0.05) is 29.8 Å². The van der Waals surface area contributed by atoms with Crippen LogP contribution in [0.5, 0.6) is 5.75 Å². The normalized spacial score (nSPS) is 11.0. The Kier molecular flexibility index (Phi) is 5.92. The summed E-state index contributed by atoms with van der Waals surface area (Å²) in [7, 11) is 0.560. The lowest BCUT2D eigenvalue weighted by Crippen LogP contribution is -2.40. The predicted molar refractivity (Wildman–Crippen MR) is 97.7 cm³/mol. The second kappa shape index (κ2) is 7.76. The molecule has 6 nitrogen and oxygen atoms in total. The number of ether oxygens (including phenoxy) is 1. The Bertz CT molecular complexity index is 854. The standard InChI is InChI=1S/C17H19ClN2O4S/c1-19(2)17(21)12-20(15-11-13(18)9-10-16(15)24-3)25(22,23)14-7-5-4-6-8-14/h4-11H,12H2,1-3H3. The van der Waals surface area contributed by atoms with E-state index < -0.39 is 10.0 Å². The lowest BCUT2D eigenvalue weighted by Gasteiger charge is -2.26. The van der Waals surface area contributed by atoms with Gasteiger partial charge in [0.05, 0.1) is 17.7 Å². The highest BCUT2D eigenvalue weighted by Gasteiger charge is 2.30. The Morgan fingerprint density at radius 1 is 1.12 bits per heavy atom. The number of hydrogen-bond acceptors (Lipinski definition) is 4. The van der Waals surface area contributed by atoms with Crippen LogP contribution in [-0.4, -0.2) is 47.0 Å². The van der Waals surface area contributed by atoms with E-state index >= 15 is 0 Å². The summed E-state index contributed by atoms with van der Waals surface area (Å²) in [5.74, 6) is -0.0722. The number of nitrogens with zero attached hydrogens (tertiary/aromatic N) is 2. The lowest BCUT2D eigenvalue weighted by atomic mass is 10.3. The summed E-state index contributed by atoms with van der Waals surface area (Å²) in [5.41, 5.74) is 0.203. The Balaban J connectivity index is 2.62. The smallest absolute Gasteiger partial charge is 0.264 e. The van der Waals surface area contributed by atoms with Gasteiger partial charge in [-0.15, -0.1) is 0 Å². The molecule has 0 bridgehead atoms. The van der Waals surface area contributed by atoms with Crippen molar-refractivity contribution in [3.63, 3.8) is 0 Å².